The summed E-state index contributed by atoms with van der Waals surface area (Å²) in [5, 5.41) is 2.82. The molecule has 0 bridgehead atoms. The number of nitrogens with one attached hydrogen (secondary N) is 2. The minimum Gasteiger partial charge on any atom is -0.356 e. The molecule has 1 aromatic carbocycles. The first-order valence-corrected chi connectivity index (χ1v) is 8.20. The third-order valence-corrected chi connectivity index (χ3v) is 3.86. The van der Waals surface area contributed by atoms with Gasteiger partial charge >= 0.3 is 0 Å². The van der Waals surface area contributed by atoms with E-state index in [1.165, 1.54) is 0 Å². The number of rotatable bonds is 6. The molecule has 0 spiro atoms. The van der Waals surface area contributed by atoms with E-state index in [2.05, 4.69) is 15.3 Å². The third-order valence-electron chi connectivity index (χ3n) is 3.86. The smallest absolute Gasteiger partial charge is 0.270 e. The van der Waals surface area contributed by atoms with Crippen molar-refractivity contribution in [2.24, 2.45) is 0 Å². The molecule has 0 aliphatic carbocycles. The minimum absolute atomic E-state index is 0.111. The first-order chi connectivity index (χ1) is 11.7. The summed E-state index contributed by atoms with van der Waals surface area (Å²) < 4.78 is 10.8. The lowest BCUT2D eigenvalue weighted by atomic mass is 10.2. The summed E-state index contributed by atoms with van der Waals surface area (Å²) >= 11 is 0. The molecule has 0 unspecified atom stereocenters. The lowest BCUT2D eigenvalue weighted by molar-refractivity contribution is -0.180. The molecular formula is C17H21N3O4. The van der Waals surface area contributed by atoms with Gasteiger partial charge in [0.2, 0.25) is 5.91 Å². The van der Waals surface area contributed by atoms with Crippen molar-refractivity contribution < 1.29 is 14.3 Å². The van der Waals surface area contributed by atoms with E-state index in [1.807, 2.05) is 18.2 Å². The first kappa shape index (κ1) is 16.6. The van der Waals surface area contributed by atoms with E-state index < -0.39 is 0 Å². The predicted molar refractivity (Wildman–Crippen MR) is 88.6 cm³/mol. The Morgan fingerprint density at radius 1 is 1.29 bits per heavy atom. The summed E-state index contributed by atoms with van der Waals surface area (Å²) in [7, 11) is 0. The Balaban J connectivity index is 1.47. The zero-order valence-electron chi connectivity index (χ0n) is 13.4. The number of carbonyl (C=O) groups excluding carboxylic acids is 1. The summed E-state index contributed by atoms with van der Waals surface area (Å²) in [6, 6.07) is 7.33. The Bertz CT molecular complexity index is 753. The van der Waals surface area contributed by atoms with Gasteiger partial charge in [-0.1, -0.05) is 12.1 Å². The van der Waals surface area contributed by atoms with Crippen LogP contribution in [0.3, 0.4) is 0 Å². The number of H-pyrrole nitrogens is 1. The third kappa shape index (κ3) is 4.39. The predicted octanol–water partition coefficient (Wildman–Crippen LogP) is 1.12. The second-order valence-electron chi connectivity index (χ2n) is 5.69. The number of carbonyl (C=O) groups is 1. The number of ether oxygens (including phenoxy) is 2. The lowest BCUT2D eigenvalue weighted by Crippen LogP contribution is -2.32. The van der Waals surface area contributed by atoms with Crippen molar-refractivity contribution in [3.05, 3.63) is 40.3 Å². The number of hydrogen-bond donors (Lipinski definition) is 2. The molecule has 1 amide bonds. The highest BCUT2D eigenvalue weighted by atomic mass is 16.7. The van der Waals surface area contributed by atoms with Crippen molar-refractivity contribution >= 4 is 16.9 Å². The zero-order valence-corrected chi connectivity index (χ0v) is 13.4. The van der Waals surface area contributed by atoms with Crippen LogP contribution in [-0.2, 0) is 20.7 Å². The van der Waals surface area contributed by atoms with Gasteiger partial charge in [-0.05, 0) is 18.6 Å². The van der Waals surface area contributed by atoms with Crippen LogP contribution in [0.1, 0.15) is 25.0 Å². The second-order valence-corrected chi connectivity index (χ2v) is 5.69. The Kier molecular flexibility index (Phi) is 5.55. The molecule has 0 saturated carbocycles. The minimum atomic E-state index is -0.245. The maximum absolute atomic E-state index is 12.0. The van der Waals surface area contributed by atoms with Crippen LogP contribution in [0, 0.1) is 0 Å². The number of benzene rings is 1. The van der Waals surface area contributed by atoms with Crippen LogP contribution in [0.15, 0.2) is 29.1 Å². The van der Waals surface area contributed by atoms with Crippen molar-refractivity contribution in [3.63, 3.8) is 0 Å². The standard InChI is InChI=1S/C17H21N3O4/c21-15(18-9-8-16-23-10-3-11-24-16)7-6-14-17(22)20-13-5-2-1-4-12(13)19-14/h1-2,4-5,16H,3,6-11H2,(H,18,21)(H,20,22). The van der Waals surface area contributed by atoms with E-state index in [4.69, 9.17) is 9.47 Å². The van der Waals surface area contributed by atoms with Gasteiger partial charge in [0.15, 0.2) is 6.29 Å². The zero-order chi connectivity index (χ0) is 16.8. The number of amides is 1. The van der Waals surface area contributed by atoms with Gasteiger partial charge in [-0.15, -0.1) is 0 Å². The number of aryl methyl sites for hydroxylation is 1. The lowest BCUT2D eigenvalue weighted by Gasteiger charge is -2.23. The number of aromatic amines is 1. The SMILES string of the molecule is O=C(CCc1nc2ccccc2[nH]c1=O)NCCC1OCCCO1. The van der Waals surface area contributed by atoms with E-state index in [9.17, 15) is 9.59 Å². The van der Waals surface area contributed by atoms with Gasteiger partial charge < -0.3 is 19.8 Å². The van der Waals surface area contributed by atoms with Crippen LogP contribution in [0.2, 0.25) is 0 Å². The highest BCUT2D eigenvalue weighted by Crippen LogP contribution is 2.08. The fourth-order valence-corrected chi connectivity index (χ4v) is 2.59. The molecule has 1 aliphatic heterocycles. The molecule has 1 fully saturated rings. The maximum Gasteiger partial charge on any atom is 0.270 e. The maximum atomic E-state index is 12.0. The van der Waals surface area contributed by atoms with Gasteiger partial charge in [-0.3, -0.25) is 9.59 Å². The van der Waals surface area contributed by atoms with Crippen LogP contribution in [-0.4, -0.2) is 41.9 Å². The summed E-state index contributed by atoms with van der Waals surface area (Å²) in [5.74, 6) is -0.111. The molecule has 2 heterocycles. The van der Waals surface area contributed by atoms with E-state index in [0.29, 0.717) is 43.8 Å². The Morgan fingerprint density at radius 2 is 2.08 bits per heavy atom. The molecule has 0 atom stereocenters. The van der Waals surface area contributed by atoms with Gasteiger partial charge in [-0.2, -0.15) is 0 Å². The van der Waals surface area contributed by atoms with Gasteiger partial charge in [0, 0.05) is 25.8 Å². The Hall–Kier alpha value is -2.25. The first-order valence-electron chi connectivity index (χ1n) is 8.20. The van der Waals surface area contributed by atoms with Crippen molar-refractivity contribution in [2.45, 2.75) is 32.0 Å². The topological polar surface area (TPSA) is 93.3 Å². The van der Waals surface area contributed by atoms with Crippen molar-refractivity contribution in [2.75, 3.05) is 19.8 Å². The average molecular weight is 331 g/mol. The van der Waals surface area contributed by atoms with Gasteiger partial charge in [0.25, 0.3) is 5.56 Å². The van der Waals surface area contributed by atoms with Crippen molar-refractivity contribution in [3.8, 4) is 0 Å². The van der Waals surface area contributed by atoms with Gasteiger partial charge in [-0.25, -0.2) is 4.98 Å². The molecule has 1 aromatic heterocycles. The molecule has 7 nitrogen and oxygen atoms in total. The van der Waals surface area contributed by atoms with Gasteiger partial charge in [0.1, 0.15) is 5.69 Å². The summed E-state index contributed by atoms with van der Waals surface area (Å²) in [6.07, 6.45) is 1.84. The molecule has 1 aliphatic rings. The number of nitrogens with zero attached hydrogens (tertiary/aromatic N) is 1. The quantitative estimate of drug-likeness (QED) is 0.827. The number of hydrogen-bond acceptors (Lipinski definition) is 5. The molecule has 128 valence electrons. The highest BCUT2D eigenvalue weighted by molar-refractivity contribution is 5.76. The van der Waals surface area contributed by atoms with Crippen LogP contribution in [0.25, 0.3) is 11.0 Å². The fourth-order valence-electron chi connectivity index (χ4n) is 2.59. The molecular weight excluding hydrogens is 310 g/mol. The highest BCUT2D eigenvalue weighted by Gasteiger charge is 2.14. The monoisotopic (exact) mass is 331 g/mol. The van der Waals surface area contributed by atoms with Crippen LogP contribution < -0.4 is 10.9 Å². The normalized spacial score (nSPS) is 15.5. The summed E-state index contributed by atoms with van der Waals surface area (Å²) in [4.78, 5) is 31.0. The molecule has 2 N–H and O–H groups in total. The van der Waals surface area contributed by atoms with Gasteiger partial charge in [0.05, 0.1) is 24.2 Å². The van der Waals surface area contributed by atoms with Crippen molar-refractivity contribution in [1.82, 2.24) is 15.3 Å². The number of fused-ring (bicyclic) bond motifs is 1. The fraction of sp³-hybridized carbons (Fsp3) is 0.471. The molecule has 7 heteroatoms. The Morgan fingerprint density at radius 3 is 2.92 bits per heavy atom. The molecule has 3 rings (SSSR count). The Labute approximate surface area is 139 Å². The molecule has 1 saturated heterocycles. The average Bonchev–Trinajstić information content (AvgIpc) is 2.61. The van der Waals surface area contributed by atoms with Crippen LogP contribution in [0.5, 0.6) is 0 Å². The van der Waals surface area contributed by atoms with E-state index in [0.717, 1.165) is 11.9 Å². The van der Waals surface area contributed by atoms with E-state index >= 15 is 0 Å². The summed E-state index contributed by atoms with van der Waals surface area (Å²) in [6.45, 7) is 1.90. The van der Waals surface area contributed by atoms with E-state index in [-0.39, 0.29) is 24.2 Å². The van der Waals surface area contributed by atoms with E-state index in [1.54, 1.807) is 6.07 Å². The second kappa shape index (κ2) is 8.03. The molecule has 2 aromatic rings. The molecule has 0 radical (unpaired) electrons. The number of para-hydroxylation sites is 2. The number of aromatic nitrogens is 2. The van der Waals surface area contributed by atoms with Crippen LogP contribution >= 0.6 is 0 Å². The van der Waals surface area contributed by atoms with Crippen LogP contribution in [0.4, 0.5) is 0 Å². The van der Waals surface area contributed by atoms with Crippen molar-refractivity contribution in [1.29, 1.82) is 0 Å². The molecule has 24 heavy (non-hydrogen) atoms. The summed E-state index contributed by atoms with van der Waals surface area (Å²) in [5.41, 5.74) is 1.55. The largest absolute Gasteiger partial charge is 0.356 e.